The molecule has 0 spiro atoms. The van der Waals surface area contributed by atoms with Crippen LogP contribution in [0.4, 0.5) is 5.69 Å². The third-order valence-corrected chi connectivity index (χ3v) is 4.81. The Morgan fingerprint density at radius 3 is 2.69 bits per heavy atom. The van der Waals surface area contributed by atoms with Crippen LogP contribution in [0.25, 0.3) is 0 Å². The van der Waals surface area contributed by atoms with E-state index in [1.54, 1.807) is 23.2 Å². The number of nitrogens with zero attached hydrogens (tertiary/aromatic N) is 3. The third kappa shape index (κ3) is 5.40. The lowest BCUT2D eigenvalue weighted by Crippen LogP contribution is -2.41. The number of carbonyl (C=O) groups is 2. The van der Waals surface area contributed by atoms with E-state index in [0.717, 1.165) is 30.4 Å². The summed E-state index contributed by atoms with van der Waals surface area (Å²) < 4.78 is 0. The molecule has 0 unspecified atom stereocenters. The molecule has 0 aromatic heterocycles. The van der Waals surface area contributed by atoms with Crippen molar-refractivity contribution in [2.24, 2.45) is 10.1 Å². The maximum Gasteiger partial charge on any atom is 0.251 e. The van der Waals surface area contributed by atoms with Crippen molar-refractivity contribution in [3.05, 3.63) is 52.9 Å². The van der Waals surface area contributed by atoms with Gasteiger partial charge in [-0.2, -0.15) is 5.10 Å². The number of carbonyl (C=O) groups excluding carboxylic acids is 2. The summed E-state index contributed by atoms with van der Waals surface area (Å²) in [5, 5.41) is 7.19. The Morgan fingerprint density at radius 1 is 1.34 bits per heavy atom. The number of guanidine groups is 1. The number of amides is 1. The molecule has 2 rings (SSSR count). The van der Waals surface area contributed by atoms with Crippen molar-refractivity contribution in [3.63, 3.8) is 0 Å². The summed E-state index contributed by atoms with van der Waals surface area (Å²) in [6, 6.07) is 5.60. The molecule has 154 valence electrons. The van der Waals surface area contributed by atoms with Gasteiger partial charge in [0.05, 0.1) is 17.6 Å². The van der Waals surface area contributed by atoms with Crippen LogP contribution in [0.3, 0.4) is 0 Å². The minimum atomic E-state index is -0.113. The highest BCUT2D eigenvalue weighted by molar-refractivity contribution is 5.98. The van der Waals surface area contributed by atoms with Crippen molar-refractivity contribution in [2.45, 2.75) is 53.5 Å². The lowest BCUT2D eigenvalue weighted by molar-refractivity contribution is -0.104. The predicted molar refractivity (Wildman–Crippen MR) is 117 cm³/mol. The van der Waals surface area contributed by atoms with Crippen molar-refractivity contribution in [1.82, 2.24) is 15.6 Å². The minimum absolute atomic E-state index is 0.113. The molecule has 1 heterocycles. The first-order valence-corrected chi connectivity index (χ1v) is 9.82. The number of aldehydes is 1. The Labute approximate surface area is 172 Å². The van der Waals surface area contributed by atoms with Crippen LogP contribution < -0.4 is 10.7 Å². The molecule has 0 bridgehead atoms. The lowest BCUT2D eigenvalue weighted by Gasteiger charge is -2.29. The van der Waals surface area contributed by atoms with Crippen molar-refractivity contribution >= 4 is 30.1 Å². The monoisotopic (exact) mass is 395 g/mol. The molecule has 0 fully saturated rings. The molecule has 7 nitrogen and oxygen atoms in total. The number of rotatable bonds is 7. The number of aliphatic imine (C=N–C) groups is 1. The van der Waals surface area contributed by atoms with Crippen LogP contribution in [0.2, 0.25) is 0 Å². The SMILES string of the molecule is C/C=C1/C=NNC(=Nc2cc(C(=O)NC(CC)CC)ccc2C)N1/C(C)=C/C=O. The summed E-state index contributed by atoms with van der Waals surface area (Å²) in [6.07, 6.45) is 7.51. The van der Waals surface area contributed by atoms with E-state index in [0.29, 0.717) is 22.9 Å². The van der Waals surface area contributed by atoms with Gasteiger partial charge in [-0.15, -0.1) is 0 Å². The average molecular weight is 396 g/mol. The number of nitrogens with one attached hydrogen (secondary N) is 2. The molecule has 2 N–H and O–H groups in total. The van der Waals surface area contributed by atoms with Gasteiger partial charge >= 0.3 is 0 Å². The molecule has 0 atom stereocenters. The van der Waals surface area contributed by atoms with Crippen molar-refractivity contribution in [1.29, 1.82) is 0 Å². The Hall–Kier alpha value is -3.22. The van der Waals surface area contributed by atoms with Crippen molar-refractivity contribution in [2.75, 3.05) is 0 Å². The van der Waals surface area contributed by atoms with Gasteiger partial charge in [-0.05, 0) is 57.4 Å². The van der Waals surface area contributed by atoms with E-state index in [-0.39, 0.29) is 11.9 Å². The zero-order chi connectivity index (χ0) is 21.4. The zero-order valence-corrected chi connectivity index (χ0v) is 17.7. The summed E-state index contributed by atoms with van der Waals surface area (Å²) in [4.78, 5) is 30.1. The van der Waals surface area contributed by atoms with Crippen LogP contribution >= 0.6 is 0 Å². The second kappa shape index (κ2) is 10.4. The molecule has 0 saturated carbocycles. The highest BCUT2D eigenvalue weighted by Crippen LogP contribution is 2.23. The van der Waals surface area contributed by atoms with Crippen molar-refractivity contribution < 1.29 is 9.59 Å². The number of hydrogen-bond acceptors (Lipinski definition) is 4. The van der Waals surface area contributed by atoms with Gasteiger partial charge in [0.2, 0.25) is 5.96 Å². The largest absolute Gasteiger partial charge is 0.349 e. The Kier molecular flexibility index (Phi) is 7.88. The van der Waals surface area contributed by atoms with E-state index in [9.17, 15) is 9.59 Å². The van der Waals surface area contributed by atoms with E-state index in [1.165, 1.54) is 6.08 Å². The Bertz CT molecular complexity index is 879. The molecule has 1 aliphatic rings. The van der Waals surface area contributed by atoms with Gasteiger partial charge in [0.25, 0.3) is 5.91 Å². The Morgan fingerprint density at radius 2 is 2.07 bits per heavy atom. The van der Waals surface area contributed by atoms with Crippen LogP contribution in [0.1, 0.15) is 56.5 Å². The molecule has 1 aliphatic heterocycles. The van der Waals surface area contributed by atoms with Crippen LogP contribution in [-0.2, 0) is 4.79 Å². The number of hydrazone groups is 1. The summed E-state index contributed by atoms with van der Waals surface area (Å²) in [5.74, 6) is 0.342. The molecule has 1 amide bonds. The lowest BCUT2D eigenvalue weighted by atomic mass is 10.1. The zero-order valence-electron chi connectivity index (χ0n) is 17.7. The second-order valence-corrected chi connectivity index (χ2v) is 6.79. The van der Waals surface area contributed by atoms with E-state index in [2.05, 4.69) is 29.7 Å². The van der Waals surface area contributed by atoms with Crippen molar-refractivity contribution in [3.8, 4) is 0 Å². The maximum atomic E-state index is 12.6. The van der Waals surface area contributed by atoms with E-state index in [1.807, 2.05) is 32.9 Å². The molecular weight excluding hydrogens is 366 g/mol. The normalized spacial score (nSPS) is 17.0. The quantitative estimate of drug-likeness (QED) is 0.543. The fourth-order valence-electron chi connectivity index (χ4n) is 2.96. The van der Waals surface area contributed by atoms with Crippen LogP contribution in [0, 0.1) is 6.92 Å². The standard InChI is InChI=1S/C22H29N5O2/c1-6-18(7-2)24-21(29)17-10-9-15(4)20(13-17)25-22-26-23-14-19(8-3)27(22)16(5)11-12-28/h8-14,18H,6-7H2,1-5H3,(H,24,29)(H,25,26)/b16-11+,19-8-. The van der Waals surface area contributed by atoms with Crippen LogP contribution in [-0.4, -0.2) is 35.3 Å². The van der Waals surface area contributed by atoms with Gasteiger partial charge in [-0.1, -0.05) is 26.0 Å². The summed E-state index contributed by atoms with van der Waals surface area (Å²) in [5.41, 5.74) is 6.52. The molecule has 29 heavy (non-hydrogen) atoms. The van der Waals surface area contributed by atoms with Gasteiger partial charge in [-0.3, -0.25) is 14.5 Å². The maximum absolute atomic E-state index is 12.6. The van der Waals surface area contributed by atoms with Gasteiger partial charge in [-0.25, -0.2) is 10.4 Å². The van der Waals surface area contributed by atoms with Gasteiger partial charge in [0, 0.05) is 17.3 Å². The first kappa shape index (κ1) is 22.1. The fraction of sp³-hybridized carbons (Fsp3) is 0.364. The number of benzene rings is 1. The molecule has 0 radical (unpaired) electrons. The van der Waals surface area contributed by atoms with Crippen LogP contribution in [0.15, 0.2) is 51.8 Å². The minimum Gasteiger partial charge on any atom is -0.349 e. The number of hydrogen-bond donors (Lipinski definition) is 2. The predicted octanol–water partition coefficient (Wildman–Crippen LogP) is 3.80. The third-order valence-electron chi connectivity index (χ3n) is 4.81. The van der Waals surface area contributed by atoms with E-state index < -0.39 is 0 Å². The summed E-state index contributed by atoms with van der Waals surface area (Å²) in [6.45, 7) is 9.75. The molecular formula is C22H29N5O2. The first-order valence-electron chi connectivity index (χ1n) is 9.82. The van der Waals surface area contributed by atoms with E-state index in [4.69, 9.17) is 4.99 Å². The summed E-state index contributed by atoms with van der Waals surface area (Å²) in [7, 11) is 0. The second-order valence-electron chi connectivity index (χ2n) is 6.79. The molecule has 1 aromatic rings. The molecule has 1 aromatic carbocycles. The Balaban J connectivity index is 2.43. The molecule has 0 saturated heterocycles. The number of allylic oxidation sites excluding steroid dienone is 4. The van der Waals surface area contributed by atoms with Gasteiger partial charge in [0.15, 0.2) is 0 Å². The fourth-order valence-corrected chi connectivity index (χ4v) is 2.96. The van der Waals surface area contributed by atoms with Gasteiger partial charge < -0.3 is 5.32 Å². The highest BCUT2D eigenvalue weighted by Gasteiger charge is 2.21. The molecule has 7 heteroatoms. The van der Waals surface area contributed by atoms with Gasteiger partial charge in [0.1, 0.15) is 6.29 Å². The average Bonchev–Trinajstić information content (AvgIpc) is 2.73. The van der Waals surface area contributed by atoms with E-state index >= 15 is 0 Å². The first-order chi connectivity index (χ1) is 13.9. The smallest absolute Gasteiger partial charge is 0.251 e. The highest BCUT2D eigenvalue weighted by atomic mass is 16.1. The molecule has 0 aliphatic carbocycles. The number of aryl methyl sites for hydroxylation is 1. The topological polar surface area (TPSA) is 86.2 Å². The summed E-state index contributed by atoms with van der Waals surface area (Å²) >= 11 is 0. The van der Waals surface area contributed by atoms with Crippen LogP contribution in [0.5, 0.6) is 0 Å².